The van der Waals surface area contributed by atoms with E-state index in [1.165, 1.54) is 9.80 Å². The van der Waals surface area contributed by atoms with Gasteiger partial charge in [0.05, 0.1) is 24.1 Å². The van der Waals surface area contributed by atoms with Crippen LogP contribution in [0.4, 0.5) is 5.69 Å². The number of Topliss-reactive ketones (excluding diaryl/α,β-unsaturated/α-hetero) is 1. The van der Waals surface area contributed by atoms with Crippen LogP contribution in [-0.4, -0.2) is 57.9 Å². The van der Waals surface area contributed by atoms with E-state index in [0.29, 0.717) is 27.8 Å². The third-order valence-electron chi connectivity index (χ3n) is 4.97. The number of nitrogens with one attached hydrogen (secondary N) is 1. The number of rotatable bonds is 9. The second kappa shape index (κ2) is 11.1. The van der Waals surface area contributed by atoms with E-state index in [-0.39, 0.29) is 24.4 Å². The fraction of sp³-hybridized carbons (Fsp3) is 0.320. The van der Waals surface area contributed by atoms with Gasteiger partial charge in [-0.1, -0.05) is 23.7 Å². The molecule has 0 radical (unpaired) electrons. The number of carbonyl (C=O) groups is 3. The molecule has 184 valence electrons. The van der Waals surface area contributed by atoms with Gasteiger partial charge in [0.25, 0.3) is 5.91 Å². The van der Waals surface area contributed by atoms with E-state index in [0.717, 1.165) is 5.56 Å². The Balaban J connectivity index is 1.93. The average Bonchev–Trinajstić information content (AvgIpc) is 3.24. The van der Waals surface area contributed by atoms with Crippen LogP contribution in [0.2, 0.25) is 5.02 Å². The lowest BCUT2D eigenvalue weighted by Crippen LogP contribution is -2.32. The number of amides is 2. The SMILES string of the molecule is Cc1nc(C(=O)CC(=O)N(Cc2ccc(OC(C)C)c(Cl)c2)c2cccc(C(=O)N(C)C)c2)n[nH]1. The summed E-state index contributed by atoms with van der Waals surface area (Å²) in [6.07, 6.45) is -0.482. The molecule has 10 heteroatoms. The molecule has 0 aliphatic heterocycles. The Labute approximate surface area is 209 Å². The van der Waals surface area contributed by atoms with E-state index in [4.69, 9.17) is 16.3 Å². The molecule has 0 aliphatic rings. The van der Waals surface area contributed by atoms with Crippen molar-refractivity contribution in [2.45, 2.75) is 39.8 Å². The first-order chi connectivity index (χ1) is 16.5. The van der Waals surface area contributed by atoms with Gasteiger partial charge in [-0.25, -0.2) is 4.98 Å². The van der Waals surface area contributed by atoms with Crippen LogP contribution in [0.25, 0.3) is 0 Å². The van der Waals surface area contributed by atoms with Crippen molar-refractivity contribution in [3.05, 3.63) is 70.3 Å². The molecule has 1 N–H and O–H groups in total. The van der Waals surface area contributed by atoms with Gasteiger partial charge in [-0.3, -0.25) is 19.5 Å². The van der Waals surface area contributed by atoms with E-state index in [1.54, 1.807) is 63.5 Å². The van der Waals surface area contributed by atoms with Crippen molar-refractivity contribution in [1.29, 1.82) is 0 Å². The van der Waals surface area contributed by atoms with Crippen LogP contribution in [0.15, 0.2) is 42.5 Å². The maximum atomic E-state index is 13.3. The van der Waals surface area contributed by atoms with Crippen LogP contribution in [0.1, 0.15) is 52.6 Å². The molecule has 0 aliphatic carbocycles. The van der Waals surface area contributed by atoms with Gasteiger partial charge in [0.2, 0.25) is 17.5 Å². The van der Waals surface area contributed by atoms with Gasteiger partial charge >= 0.3 is 0 Å². The number of carbonyl (C=O) groups excluding carboxylic acids is 3. The Kier molecular flexibility index (Phi) is 8.24. The number of aromatic amines is 1. The monoisotopic (exact) mass is 497 g/mol. The molecule has 0 bridgehead atoms. The molecule has 3 aromatic rings. The largest absolute Gasteiger partial charge is 0.489 e. The molecule has 2 aromatic carbocycles. The number of halogens is 1. The highest BCUT2D eigenvalue weighted by Crippen LogP contribution is 2.28. The third kappa shape index (κ3) is 6.66. The maximum Gasteiger partial charge on any atom is 0.253 e. The summed E-state index contributed by atoms with van der Waals surface area (Å²) in [5.74, 6) is -0.215. The molecule has 1 aromatic heterocycles. The summed E-state index contributed by atoms with van der Waals surface area (Å²) < 4.78 is 5.69. The highest BCUT2D eigenvalue weighted by atomic mass is 35.5. The molecule has 0 saturated carbocycles. The Hall–Kier alpha value is -3.72. The van der Waals surface area contributed by atoms with Gasteiger partial charge in [0.1, 0.15) is 11.6 Å². The molecule has 2 amide bonds. The lowest BCUT2D eigenvalue weighted by molar-refractivity contribution is -0.117. The zero-order valence-electron chi connectivity index (χ0n) is 20.3. The number of nitrogens with zero attached hydrogens (tertiary/aromatic N) is 4. The zero-order chi connectivity index (χ0) is 25.7. The van der Waals surface area contributed by atoms with E-state index in [9.17, 15) is 14.4 Å². The minimum atomic E-state index is -0.511. The summed E-state index contributed by atoms with van der Waals surface area (Å²) in [6.45, 7) is 5.60. The molecule has 3 rings (SSSR count). The molecule has 0 unspecified atom stereocenters. The normalized spacial score (nSPS) is 10.8. The number of ketones is 1. The highest BCUT2D eigenvalue weighted by molar-refractivity contribution is 6.32. The number of hydrogen-bond donors (Lipinski definition) is 1. The minimum Gasteiger partial charge on any atom is -0.489 e. The van der Waals surface area contributed by atoms with Gasteiger partial charge < -0.3 is 14.5 Å². The molecule has 9 nitrogen and oxygen atoms in total. The summed E-state index contributed by atoms with van der Waals surface area (Å²) in [5.41, 5.74) is 1.62. The lowest BCUT2D eigenvalue weighted by Gasteiger charge is -2.24. The average molecular weight is 498 g/mol. The van der Waals surface area contributed by atoms with Gasteiger partial charge in [-0.2, -0.15) is 5.10 Å². The van der Waals surface area contributed by atoms with Gasteiger partial charge in [-0.15, -0.1) is 0 Å². The van der Waals surface area contributed by atoms with E-state index in [2.05, 4.69) is 15.2 Å². The molecule has 0 atom stereocenters. The van der Waals surface area contributed by atoms with Crippen molar-refractivity contribution in [2.75, 3.05) is 19.0 Å². The van der Waals surface area contributed by atoms with Crippen molar-refractivity contribution < 1.29 is 19.1 Å². The number of benzene rings is 2. The Bertz CT molecular complexity index is 1240. The van der Waals surface area contributed by atoms with Gasteiger partial charge in [0.15, 0.2) is 0 Å². The summed E-state index contributed by atoms with van der Waals surface area (Å²) in [5, 5.41) is 6.86. The molecular weight excluding hydrogens is 470 g/mol. The molecule has 0 spiro atoms. The zero-order valence-corrected chi connectivity index (χ0v) is 21.1. The number of aromatic nitrogens is 3. The summed E-state index contributed by atoms with van der Waals surface area (Å²) in [4.78, 5) is 45.4. The van der Waals surface area contributed by atoms with Gasteiger partial charge in [0, 0.05) is 25.3 Å². The fourth-order valence-corrected chi connectivity index (χ4v) is 3.59. The molecule has 35 heavy (non-hydrogen) atoms. The topological polar surface area (TPSA) is 108 Å². The Morgan fingerprint density at radius 1 is 1.11 bits per heavy atom. The van der Waals surface area contributed by atoms with Crippen molar-refractivity contribution in [3.8, 4) is 5.75 Å². The van der Waals surface area contributed by atoms with Gasteiger partial charge in [-0.05, 0) is 56.7 Å². The predicted molar refractivity (Wildman–Crippen MR) is 133 cm³/mol. The molecule has 0 saturated heterocycles. The van der Waals surface area contributed by atoms with Crippen LogP contribution in [0.5, 0.6) is 5.75 Å². The molecule has 1 heterocycles. The van der Waals surface area contributed by atoms with Crippen molar-refractivity contribution in [2.24, 2.45) is 0 Å². The molecule has 0 fully saturated rings. The van der Waals surface area contributed by atoms with Crippen LogP contribution in [0, 0.1) is 6.92 Å². The quantitative estimate of drug-likeness (QED) is 0.352. The maximum absolute atomic E-state index is 13.3. The second-order valence-electron chi connectivity index (χ2n) is 8.51. The summed E-state index contributed by atoms with van der Waals surface area (Å²) >= 11 is 6.40. The third-order valence-corrected chi connectivity index (χ3v) is 5.27. The first kappa shape index (κ1) is 25.9. The second-order valence-corrected chi connectivity index (χ2v) is 8.91. The summed E-state index contributed by atoms with van der Waals surface area (Å²) in [7, 11) is 3.30. The number of aryl methyl sites for hydroxylation is 1. The van der Waals surface area contributed by atoms with Crippen molar-refractivity contribution in [1.82, 2.24) is 20.1 Å². The van der Waals surface area contributed by atoms with Crippen LogP contribution < -0.4 is 9.64 Å². The minimum absolute atomic E-state index is 0.0429. The van der Waals surface area contributed by atoms with Crippen molar-refractivity contribution in [3.63, 3.8) is 0 Å². The standard InChI is InChI=1S/C25H28ClN5O4/c1-15(2)35-22-10-9-17(11-20(22)26)14-31(19-8-6-7-18(12-19)25(34)30(4)5)23(33)13-21(32)24-27-16(3)28-29-24/h6-12,15H,13-14H2,1-5H3,(H,27,28,29). The Morgan fingerprint density at radius 3 is 2.46 bits per heavy atom. The number of H-pyrrole nitrogens is 1. The van der Waals surface area contributed by atoms with E-state index < -0.39 is 18.1 Å². The smallest absolute Gasteiger partial charge is 0.253 e. The first-order valence-electron chi connectivity index (χ1n) is 11.0. The molecular formula is C25H28ClN5O4. The number of anilines is 1. The Morgan fingerprint density at radius 2 is 1.86 bits per heavy atom. The van der Waals surface area contributed by atoms with Crippen LogP contribution >= 0.6 is 11.6 Å². The highest BCUT2D eigenvalue weighted by Gasteiger charge is 2.24. The number of hydrogen-bond acceptors (Lipinski definition) is 6. The summed E-state index contributed by atoms with van der Waals surface area (Å²) in [6, 6.07) is 12.0. The van der Waals surface area contributed by atoms with E-state index >= 15 is 0 Å². The van der Waals surface area contributed by atoms with Crippen LogP contribution in [0.3, 0.4) is 0 Å². The van der Waals surface area contributed by atoms with E-state index in [1.807, 2.05) is 13.8 Å². The fourth-order valence-electron chi connectivity index (χ4n) is 3.34. The van der Waals surface area contributed by atoms with Crippen molar-refractivity contribution >= 4 is 34.9 Å². The first-order valence-corrected chi connectivity index (χ1v) is 11.4. The van der Waals surface area contributed by atoms with Crippen LogP contribution in [-0.2, 0) is 11.3 Å². The number of ether oxygens (including phenoxy) is 1. The predicted octanol–water partition coefficient (Wildman–Crippen LogP) is 4.06. The lowest BCUT2D eigenvalue weighted by atomic mass is 10.1.